The molecule has 0 aliphatic carbocycles. The van der Waals surface area contributed by atoms with E-state index in [0.717, 1.165) is 11.4 Å². The Morgan fingerprint density at radius 3 is 2.38 bits per heavy atom. The smallest absolute Gasteiger partial charge is 0.213 e. The number of aryl methyl sites for hydroxylation is 2. The maximum Gasteiger partial charge on any atom is 0.213 e. The van der Waals surface area contributed by atoms with Crippen LogP contribution in [-0.4, -0.2) is 15.0 Å². The van der Waals surface area contributed by atoms with Crippen molar-refractivity contribution in [2.24, 2.45) is 0 Å². The molecule has 16 heavy (non-hydrogen) atoms. The molecule has 0 fully saturated rings. The van der Waals surface area contributed by atoms with Crippen LogP contribution in [0.4, 0.5) is 4.39 Å². The molecule has 0 aliphatic rings. The zero-order valence-corrected chi connectivity index (χ0v) is 9.75. The normalized spacial score (nSPS) is 10.4. The number of rotatable bonds is 2. The van der Waals surface area contributed by atoms with Crippen molar-refractivity contribution in [1.29, 1.82) is 0 Å². The van der Waals surface area contributed by atoms with Gasteiger partial charge in [0.1, 0.15) is 5.03 Å². The monoisotopic (exact) mass is 235 g/mol. The topological polar surface area (TPSA) is 38.7 Å². The van der Waals surface area contributed by atoms with E-state index in [-0.39, 0.29) is 0 Å². The third kappa shape index (κ3) is 2.76. The van der Waals surface area contributed by atoms with E-state index in [0.29, 0.717) is 10.2 Å². The number of aromatic nitrogens is 3. The van der Waals surface area contributed by atoms with Crippen LogP contribution in [-0.2, 0) is 0 Å². The largest absolute Gasteiger partial charge is 0.228 e. The first-order valence-electron chi connectivity index (χ1n) is 4.76. The summed E-state index contributed by atoms with van der Waals surface area (Å²) in [5.74, 6) is -0.491. The zero-order valence-electron chi connectivity index (χ0n) is 8.94. The van der Waals surface area contributed by atoms with Crippen LogP contribution < -0.4 is 0 Å². The molecule has 2 rings (SSSR count). The Kier molecular flexibility index (Phi) is 3.14. The molecular weight excluding hydrogens is 225 g/mol. The van der Waals surface area contributed by atoms with Gasteiger partial charge in [-0.1, -0.05) is 6.07 Å². The molecule has 0 radical (unpaired) electrons. The molecule has 0 saturated heterocycles. The number of nitrogens with zero attached hydrogens (tertiary/aromatic N) is 3. The molecule has 0 saturated carbocycles. The molecule has 0 bridgehead atoms. The van der Waals surface area contributed by atoms with Crippen molar-refractivity contribution in [2.75, 3.05) is 0 Å². The third-order valence-corrected chi connectivity index (χ3v) is 2.65. The fourth-order valence-corrected chi connectivity index (χ4v) is 2.13. The Morgan fingerprint density at radius 2 is 1.75 bits per heavy atom. The van der Waals surface area contributed by atoms with Gasteiger partial charge in [-0.15, -0.1) is 0 Å². The van der Waals surface area contributed by atoms with Crippen molar-refractivity contribution < 1.29 is 4.39 Å². The van der Waals surface area contributed by atoms with Gasteiger partial charge in [-0.2, -0.15) is 4.39 Å². The Labute approximate surface area is 97.2 Å². The van der Waals surface area contributed by atoms with Gasteiger partial charge in [0.05, 0.1) is 0 Å². The summed E-state index contributed by atoms with van der Waals surface area (Å²) >= 11 is 1.26. The summed E-state index contributed by atoms with van der Waals surface area (Å²) in [6.07, 6.45) is 0. The second-order valence-corrected chi connectivity index (χ2v) is 4.32. The van der Waals surface area contributed by atoms with Crippen LogP contribution in [0.1, 0.15) is 11.4 Å². The quantitative estimate of drug-likeness (QED) is 0.592. The van der Waals surface area contributed by atoms with E-state index >= 15 is 0 Å². The number of halogens is 1. The first-order valence-corrected chi connectivity index (χ1v) is 5.58. The third-order valence-electron chi connectivity index (χ3n) is 1.85. The van der Waals surface area contributed by atoms with E-state index in [1.165, 1.54) is 17.8 Å². The van der Waals surface area contributed by atoms with Gasteiger partial charge in [0.25, 0.3) is 0 Å². The molecule has 2 aromatic rings. The first kappa shape index (κ1) is 11.0. The van der Waals surface area contributed by atoms with Crippen LogP contribution in [0.3, 0.4) is 0 Å². The summed E-state index contributed by atoms with van der Waals surface area (Å²) in [5, 5.41) is 1.15. The summed E-state index contributed by atoms with van der Waals surface area (Å²) < 4.78 is 12.9. The predicted molar refractivity (Wildman–Crippen MR) is 59.8 cm³/mol. The lowest BCUT2D eigenvalue weighted by molar-refractivity contribution is 0.572. The minimum Gasteiger partial charge on any atom is -0.228 e. The van der Waals surface area contributed by atoms with E-state index in [1.54, 1.807) is 12.1 Å². The average molecular weight is 235 g/mol. The molecule has 0 unspecified atom stereocenters. The number of pyridine rings is 1. The van der Waals surface area contributed by atoms with Gasteiger partial charge in [-0.25, -0.2) is 15.0 Å². The molecule has 0 N–H and O–H groups in total. The van der Waals surface area contributed by atoms with Crippen LogP contribution in [0.15, 0.2) is 34.4 Å². The van der Waals surface area contributed by atoms with Crippen molar-refractivity contribution in [3.05, 3.63) is 41.6 Å². The van der Waals surface area contributed by atoms with E-state index in [9.17, 15) is 4.39 Å². The van der Waals surface area contributed by atoms with Crippen molar-refractivity contribution in [3.8, 4) is 0 Å². The molecule has 0 spiro atoms. The standard InChI is InChI=1S/C11H10FN3S/c1-7-6-8(2)14-11(13-7)16-10-5-3-4-9(12)15-10/h3-6H,1-2H3. The van der Waals surface area contributed by atoms with Crippen LogP contribution >= 0.6 is 11.8 Å². The van der Waals surface area contributed by atoms with Crippen LogP contribution in [0.2, 0.25) is 0 Å². The lowest BCUT2D eigenvalue weighted by atomic mass is 10.4. The van der Waals surface area contributed by atoms with Crippen LogP contribution in [0.5, 0.6) is 0 Å². The van der Waals surface area contributed by atoms with E-state index < -0.39 is 5.95 Å². The molecule has 3 nitrogen and oxygen atoms in total. The first-order chi connectivity index (χ1) is 7.63. The molecule has 2 aromatic heterocycles. The van der Waals surface area contributed by atoms with Crippen molar-refractivity contribution in [2.45, 2.75) is 24.0 Å². The van der Waals surface area contributed by atoms with Gasteiger partial charge in [0.15, 0.2) is 5.16 Å². The Hall–Kier alpha value is -1.49. The Morgan fingerprint density at radius 1 is 1.06 bits per heavy atom. The van der Waals surface area contributed by atoms with E-state index in [2.05, 4.69) is 15.0 Å². The molecule has 0 atom stereocenters. The minimum absolute atomic E-state index is 0.491. The molecular formula is C11H10FN3S. The lowest BCUT2D eigenvalue weighted by Gasteiger charge is -2.01. The lowest BCUT2D eigenvalue weighted by Crippen LogP contribution is -1.93. The molecule has 5 heteroatoms. The van der Waals surface area contributed by atoms with E-state index in [4.69, 9.17) is 0 Å². The Balaban J connectivity index is 2.27. The van der Waals surface area contributed by atoms with Crippen LogP contribution in [0.25, 0.3) is 0 Å². The van der Waals surface area contributed by atoms with Gasteiger partial charge < -0.3 is 0 Å². The average Bonchev–Trinajstić information content (AvgIpc) is 2.15. The predicted octanol–water partition coefficient (Wildman–Crippen LogP) is 2.78. The minimum atomic E-state index is -0.491. The van der Waals surface area contributed by atoms with Crippen molar-refractivity contribution >= 4 is 11.8 Å². The highest BCUT2D eigenvalue weighted by atomic mass is 32.2. The van der Waals surface area contributed by atoms with Crippen LogP contribution in [0, 0.1) is 19.8 Å². The number of hydrogen-bond donors (Lipinski definition) is 0. The zero-order chi connectivity index (χ0) is 11.5. The maximum atomic E-state index is 12.9. The summed E-state index contributed by atoms with van der Waals surface area (Å²) in [6.45, 7) is 3.80. The molecule has 0 amide bonds. The fraction of sp³-hybridized carbons (Fsp3) is 0.182. The molecule has 82 valence electrons. The summed E-state index contributed by atoms with van der Waals surface area (Å²) in [6, 6.07) is 6.55. The highest BCUT2D eigenvalue weighted by Crippen LogP contribution is 2.22. The van der Waals surface area contributed by atoms with Crippen molar-refractivity contribution in [1.82, 2.24) is 15.0 Å². The Bertz CT molecular complexity index is 496. The van der Waals surface area contributed by atoms with Gasteiger partial charge in [-0.3, -0.25) is 0 Å². The number of hydrogen-bond acceptors (Lipinski definition) is 4. The van der Waals surface area contributed by atoms with Gasteiger partial charge in [0, 0.05) is 11.4 Å². The fourth-order valence-electron chi connectivity index (χ4n) is 1.28. The van der Waals surface area contributed by atoms with Gasteiger partial charge in [-0.05, 0) is 43.8 Å². The highest BCUT2D eigenvalue weighted by molar-refractivity contribution is 7.99. The highest BCUT2D eigenvalue weighted by Gasteiger charge is 2.04. The van der Waals surface area contributed by atoms with Crippen molar-refractivity contribution in [3.63, 3.8) is 0 Å². The van der Waals surface area contributed by atoms with E-state index in [1.807, 2.05) is 19.9 Å². The summed E-state index contributed by atoms with van der Waals surface area (Å²) in [5.41, 5.74) is 1.79. The molecule has 0 aliphatic heterocycles. The SMILES string of the molecule is Cc1cc(C)nc(Sc2cccc(F)n2)n1. The maximum absolute atomic E-state index is 12.9. The van der Waals surface area contributed by atoms with Gasteiger partial charge >= 0.3 is 0 Å². The second-order valence-electron chi connectivity index (χ2n) is 3.33. The second kappa shape index (κ2) is 4.57. The molecule has 2 heterocycles. The van der Waals surface area contributed by atoms with Gasteiger partial charge in [0.2, 0.25) is 5.95 Å². The molecule has 0 aromatic carbocycles. The summed E-state index contributed by atoms with van der Waals surface area (Å²) in [7, 11) is 0. The summed E-state index contributed by atoms with van der Waals surface area (Å²) in [4.78, 5) is 12.2.